The van der Waals surface area contributed by atoms with Gasteiger partial charge < -0.3 is 9.80 Å². The number of nitrogens with zero attached hydrogens (tertiary/aromatic N) is 2. The predicted octanol–water partition coefficient (Wildman–Crippen LogP) is 18.2. The average molecular weight is 909 g/mol. The van der Waals surface area contributed by atoms with Gasteiger partial charge in [0.2, 0.25) is 0 Å². The Bertz CT molecular complexity index is 3630. The normalized spacial score (nSPS) is 14.7. The van der Waals surface area contributed by atoms with Crippen molar-refractivity contribution in [2.24, 2.45) is 0 Å². The highest BCUT2D eigenvalue weighted by molar-refractivity contribution is 6.28. The van der Waals surface area contributed by atoms with Gasteiger partial charge in [0.1, 0.15) is 0 Å². The van der Waals surface area contributed by atoms with Gasteiger partial charge in [0, 0.05) is 61.3 Å². The van der Waals surface area contributed by atoms with Crippen molar-refractivity contribution in [3.8, 4) is 33.4 Å². The lowest BCUT2D eigenvalue weighted by atomic mass is 9.82. The van der Waals surface area contributed by atoms with Crippen LogP contribution >= 0.6 is 0 Å². The smallest absolute Gasteiger partial charge is 0.194 e. The first-order valence-corrected chi connectivity index (χ1v) is 25.0. The number of anilines is 6. The van der Waals surface area contributed by atoms with E-state index in [0.29, 0.717) is 0 Å². The first-order valence-electron chi connectivity index (χ1n) is 25.0. The number of benzene rings is 9. The minimum atomic E-state index is -0.116. The Balaban J connectivity index is 1.02. The second-order valence-corrected chi connectivity index (χ2v) is 23.0. The highest BCUT2D eigenvalue weighted by atomic mass is 16.1. The van der Waals surface area contributed by atoms with E-state index in [4.69, 9.17) is 0 Å². The van der Waals surface area contributed by atoms with Crippen molar-refractivity contribution in [1.29, 1.82) is 0 Å². The van der Waals surface area contributed by atoms with E-state index in [1.54, 1.807) is 0 Å². The minimum Gasteiger partial charge on any atom is -0.310 e. The number of hydrogen-bond donors (Lipinski definition) is 0. The summed E-state index contributed by atoms with van der Waals surface area (Å²) >= 11 is 0. The lowest BCUT2D eigenvalue weighted by molar-refractivity contribution is 0.104. The zero-order chi connectivity index (χ0) is 48.6. The third-order valence-corrected chi connectivity index (χ3v) is 15.9. The molecule has 0 unspecified atom stereocenters. The fourth-order valence-electron chi connectivity index (χ4n) is 12.0. The monoisotopic (exact) mass is 908 g/mol. The molecule has 9 aromatic rings. The van der Waals surface area contributed by atoms with Gasteiger partial charge in [-0.2, -0.15) is 0 Å². The lowest BCUT2D eigenvalue weighted by Crippen LogP contribution is -2.16. The second kappa shape index (κ2) is 15.3. The zero-order valence-electron chi connectivity index (χ0n) is 42.1. The van der Waals surface area contributed by atoms with Crippen LogP contribution in [0.3, 0.4) is 0 Å². The van der Waals surface area contributed by atoms with Gasteiger partial charge in [-0.25, -0.2) is 0 Å². The summed E-state index contributed by atoms with van der Waals surface area (Å²) in [6, 6.07) is 66.9. The highest BCUT2D eigenvalue weighted by Crippen LogP contribution is 2.54. The van der Waals surface area contributed by atoms with E-state index in [-0.39, 0.29) is 27.4 Å². The molecule has 0 saturated carbocycles. The first kappa shape index (κ1) is 43.8. The standard InChI is InChI=1S/C67H60N2O/c1-64(2,3)41-23-27-43(28-24-41)68(46-32-35-59-53(37-46)48-17-13-15-21-57(48)66(59,7)8)45-31-34-52-55(39-45)63(70)56-40-61(50-19-11-12-20-51(50)62(52)56)69(44-29-25-42(26-30-44)65(4,5)6)47-33-36-60-54(38-47)49-18-14-16-22-58(49)67(60,9)10/h11-40H,1-10H3. The minimum absolute atomic E-state index is 0.00210. The third-order valence-electron chi connectivity index (χ3n) is 15.9. The molecule has 0 heterocycles. The predicted molar refractivity (Wildman–Crippen MR) is 295 cm³/mol. The van der Waals surface area contributed by atoms with E-state index in [0.717, 1.165) is 67.2 Å². The van der Waals surface area contributed by atoms with Crippen molar-refractivity contribution < 1.29 is 4.79 Å². The van der Waals surface area contributed by atoms with E-state index in [1.165, 1.54) is 55.6 Å². The summed E-state index contributed by atoms with van der Waals surface area (Å²) in [6.45, 7) is 22.9. The maximum Gasteiger partial charge on any atom is 0.194 e. The largest absolute Gasteiger partial charge is 0.310 e. The Morgan fingerprint density at radius 1 is 0.343 bits per heavy atom. The van der Waals surface area contributed by atoms with E-state index in [9.17, 15) is 0 Å². The molecule has 0 bridgehead atoms. The van der Waals surface area contributed by atoms with Gasteiger partial charge in [-0.05, 0) is 144 Å². The van der Waals surface area contributed by atoms with Crippen LogP contribution in [0.1, 0.15) is 119 Å². The van der Waals surface area contributed by atoms with Gasteiger partial charge >= 0.3 is 0 Å². The molecule has 12 rings (SSSR count). The molecule has 0 N–H and O–H groups in total. The number of ketones is 1. The fourth-order valence-corrected chi connectivity index (χ4v) is 12.0. The topological polar surface area (TPSA) is 23.6 Å². The van der Waals surface area contributed by atoms with Crippen LogP contribution in [-0.2, 0) is 21.7 Å². The highest BCUT2D eigenvalue weighted by Gasteiger charge is 2.38. The molecule has 0 fully saturated rings. The van der Waals surface area contributed by atoms with Crippen LogP contribution in [0, 0.1) is 0 Å². The van der Waals surface area contributed by atoms with Crippen LogP contribution in [-0.4, -0.2) is 5.78 Å². The SMILES string of the molecule is CC(C)(C)c1ccc(N(c2ccc3c(c2)C(=O)c2cc(N(c4ccc(C(C)(C)C)cc4)c4ccc5c(c4)-c4ccccc4C5(C)C)c4ccccc4c2-3)c2ccc3c(c2)-c2ccccc2C3(C)C)cc1. The van der Waals surface area contributed by atoms with Crippen molar-refractivity contribution in [2.75, 3.05) is 9.80 Å². The third kappa shape index (κ3) is 6.58. The summed E-state index contributed by atoms with van der Waals surface area (Å²) in [7, 11) is 0. The molecule has 3 heteroatoms. The van der Waals surface area contributed by atoms with Crippen molar-refractivity contribution in [3.05, 3.63) is 226 Å². The maximum absolute atomic E-state index is 15.4. The van der Waals surface area contributed by atoms with E-state index >= 15 is 4.79 Å². The van der Waals surface area contributed by atoms with Crippen LogP contribution in [0.5, 0.6) is 0 Å². The summed E-state index contributed by atoms with van der Waals surface area (Å²) in [4.78, 5) is 20.1. The summed E-state index contributed by atoms with van der Waals surface area (Å²) in [5.41, 5.74) is 22.3. The fraction of sp³-hybridized carbons (Fsp3) is 0.209. The number of hydrogen-bond acceptors (Lipinski definition) is 3. The molecule has 3 nitrogen and oxygen atoms in total. The van der Waals surface area contributed by atoms with Gasteiger partial charge in [0.25, 0.3) is 0 Å². The van der Waals surface area contributed by atoms with E-state index in [1.807, 2.05) is 0 Å². The Kier molecular flexibility index (Phi) is 9.54. The van der Waals surface area contributed by atoms with Gasteiger partial charge in [0.05, 0.1) is 5.69 Å². The molecule has 0 radical (unpaired) electrons. The summed E-state index contributed by atoms with van der Waals surface area (Å²) in [5, 5.41) is 2.15. The average Bonchev–Trinajstić information content (AvgIpc) is 3.86. The molecule has 3 aliphatic carbocycles. The summed E-state index contributed by atoms with van der Waals surface area (Å²) < 4.78 is 0. The molecule has 0 spiro atoms. The molecule has 70 heavy (non-hydrogen) atoms. The van der Waals surface area contributed by atoms with Gasteiger partial charge in [-0.1, -0.05) is 184 Å². The lowest BCUT2D eigenvalue weighted by Gasteiger charge is -2.30. The molecule has 3 aliphatic rings. The van der Waals surface area contributed by atoms with Crippen LogP contribution in [0.2, 0.25) is 0 Å². The van der Waals surface area contributed by atoms with Crippen LogP contribution in [0.15, 0.2) is 182 Å². The van der Waals surface area contributed by atoms with Gasteiger partial charge in [-0.15, -0.1) is 0 Å². The zero-order valence-corrected chi connectivity index (χ0v) is 42.1. The van der Waals surface area contributed by atoms with Crippen LogP contribution in [0.4, 0.5) is 34.1 Å². The molecule has 9 aromatic carbocycles. The van der Waals surface area contributed by atoms with E-state index < -0.39 is 0 Å². The molecule has 0 amide bonds. The number of carbonyl (C=O) groups is 1. The summed E-state index contributed by atoms with van der Waals surface area (Å²) in [5.74, 6) is 0.0409. The van der Waals surface area contributed by atoms with Crippen molar-refractivity contribution in [2.45, 2.75) is 90.9 Å². The number of rotatable bonds is 6. The van der Waals surface area contributed by atoms with Crippen LogP contribution < -0.4 is 9.80 Å². The Labute approximate surface area is 414 Å². The quantitative estimate of drug-likeness (QED) is 0.166. The second-order valence-electron chi connectivity index (χ2n) is 23.0. The first-order chi connectivity index (χ1) is 33.4. The van der Waals surface area contributed by atoms with Gasteiger partial charge in [-0.3, -0.25) is 4.79 Å². The van der Waals surface area contributed by atoms with Gasteiger partial charge in [0.15, 0.2) is 5.78 Å². The molecule has 0 aliphatic heterocycles. The molecular weight excluding hydrogens is 849 g/mol. The molecule has 0 aromatic heterocycles. The van der Waals surface area contributed by atoms with E-state index in [2.05, 4.69) is 261 Å². The Hall–Kier alpha value is -7.49. The molecule has 344 valence electrons. The number of fused-ring (bicyclic) bond motifs is 11. The van der Waals surface area contributed by atoms with Crippen molar-refractivity contribution in [3.63, 3.8) is 0 Å². The molecule has 0 atom stereocenters. The van der Waals surface area contributed by atoms with Crippen molar-refractivity contribution in [1.82, 2.24) is 0 Å². The van der Waals surface area contributed by atoms with Crippen molar-refractivity contribution >= 4 is 50.7 Å². The maximum atomic E-state index is 15.4. The van der Waals surface area contributed by atoms with Crippen LogP contribution in [0.25, 0.3) is 44.2 Å². The summed E-state index contributed by atoms with van der Waals surface area (Å²) in [6.07, 6.45) is 0. The Morgan fingerprint density at radius 2 is 0.743 bits per heavy atom. The molecular formula is C67H60N2O. The molecule has 0 saturated heterocycles. The number of carbonyl (C=O) groups excluding carboxylic acids is 1. The Morgan fingerprint density at radius 3 is 1.26 bits per heavy atom.